The molecule has 0 saturated heterocycles. The molecule has 1 aromatic carbocycles. The number of unbranched alkanes of at least 4 members (excludes halogenated alkanes) is 1. The molecule has 2 aliphatic carbocycles. The van der Waals surface area contributed by atoms with Crippen LogP contribution in [0.15, 0.2) is 24.3 Å². The first-order valence-electron chi connectivity index (χ1n) is 12.1. The number of ether oxygens (including phenoxy) is 2. The van der Waals surface area contributed by atoms with Crippen molar-refractivity contribution in [3.63, 3.8) is 0 Å². The van der Waals surface area contributed by atoms with Crippen LogP contribution in [0.2, 0.25) is 0 Å². The highest BCUT2D eigenvalue weighted by Gasteiger charge is 2.30. The zero-order valence-corrected chi connectivity index (χ0v) is 18.8. The van der Waals surface area contributed by atoms with E-state index in [0.717, 1.165) is 31.1 Å². The molecule has 2 saturated carbocycles. The van der Waals surface area contributed by atoms with Gasteiger partial charge in [-0.3, -0.25) is 4.39 Å². The lowest BCUT2D eigenvalue weighted by atomic mass is 9.69. The number of allylic oxidation sites excluding steroid dienone is 2. The monoisotopic (exact) mass is 438 g/mol. The summed E-state index contributed by atoms with van der Waals surface area (Å²) >= 11 is 0. The van der Waals surface area contributed by atoms with Gasteiger partial charge in [-0.25, -0.2) is 0 Å². The summed E-state index contributed by atoms with van der Waals surface area (Å²) < 4.78 is 51.1. The van der Waals surface area contributed by atoms with Crippen LogP contribution in [0.5, 0.6) is 11.5 Å². The molecular formula is C26H37F3O2. The van der Waals surface area contributed by atoms with E-state index in [-0.39, 0.29) is 18.2 Å². The average molecular weight is 439 g/mol. The first-order valence-corrected chi connectivity index (χ1v) is 12.1. The fraction of sp³-hybridized carbons (Fsp3) is 0.692. The molecule has 5 heteroatoms. The van der Waals surface area contributed by atoms with Crippen molar-refractivity contribution in [3.05, 3.63) is 35.9 Å². The van der Waals surface area contributed by atoms with E-state index in [2.05, 4.69) is 12.2 Å². The van der Waals surface area contributed by atoms with Crippen LogP contribution in [0.4, 0.5) is 13.2 Å². The van der Waals surface area contributed by atoms with Crippen LogP contribution in [-0.2, 0) is 0 Å². The fourth-order valence-electron chi connectivity index (χ4n) is 5.22. The van der Waals surface area contributed by atoms with Gasteiger partial charge in [-0.05, 0) is 107 Å². The molecule has 0 atom stereocenters. The van der Waals surface area contributed by atoms with Crippen molar-refractivity contribution in [3.8, 4) is 11.5 Å². The Hall–Kier alpha value is -1.65. The molecule has 0 heterocycles. The van der Waals surface area contributed by atoms with Crippen molar-refractivity contribution in [1.29, 1.82) is 0 Å². The molecule has 0 radical (unpaired) electrons. The lowest BCUT2D eigenvalue weighted by molar-refractivity contribution is 0.127. The molecule has 0 spiro atoms. The van der Waals surface area contributed by atoms with Crippen LogP contribution in [0.1, 0.15) is 71.1 Å². The van der Waals surface area contributed by atoms with Crippen LogP contribution in [0, 0.1) is 35.3 Å². The molecule has 0 aromatic heterocycles. The smallest absolute Gasteiger partial charge is 0.204 e. The Morgan fingerprint density at radius 2 is 1.45 bits per heavy atom. The molecule has 1 aromatic rings. The maximum Gasteiger partial charge on any atom is 0.204 e. The van der Waals surface area contributed by atoms with Crippen molar-refractivity contribution < 1.29 is 22.6 Å². The largest absolute Gasteiger partial charge is 0.491 e. The lowest BCUT2D eigenvalue weighted by Gasteiger charge is -2.37. The molecule has 2 fully saturated rings. The second kappa shape index (κ2) is 12.4. The first-order chi connectivity index (χ1) is 15.1. The van der Waals surface area contributed by atoms with Crippen LogP contribution in [-0.4, -0.2) is 19.9 Å². The van der Waals surface area contributed by atoms with Gasteiger partial charge in [0, 0.05) is 0 Å². The minimum Gasteiger partial charge on any atom is -0.491 e. The van der Waals surface area contributed by atoms with Gasteiger partial charge in [0.1, 0.15) is 0 Å². The molecule has 31 heavy (non-hydrogen) atoms. The number of hydrogen-bond donors (Lipinski definition) is 0. The lowest BCUT2D eigenvalue weighted by Crippen LogP contribution is -2.27. The molecule has 2 nitrogen and oxygen atoms in total. The van der Waals surface area contributed by atoms with E-state index in [1.807, 2.05) is 0 Å². The number of hydrogen-bond acceptors (Lipinski definition) is 2. The molecular weight excluding hydrogens is 401 g/mol. The van der Waals surface area contributed by atoms with Gasteiger partial charge in [-0.15, -0.1) is 0 Å². The molecule has 0 N–H and O–H groups in total. The Kier molecular flexibility index (Phi) is 9.60. The van der Waals surface area contributed by atoms with Gasteiger partial charge in [0.2, 0.25) is 11.6 Å². The summed E-state index contributed by atoms with van der Waals surface area (Å²) in [6, 6.07) is 2.89. The van der Waals surface area contributed by atoms with Gasteiger partial charge in [0.05, 0.1) is 19.9 Å². The Bertz CT molecular complexity index is 690. The standard InChI is InChI=1S/C26H37F3O2/c1-2-30-23-15-16-24(26(29)25(23)28)31-18-20-9-13-22(14-10-20)21-11-7-19(8-12-21)6-4-3-5-17-27/h4,6,15-16,19-22H,2-3,5,7-14,17-18H2,1H3/b6-4+. The second-order valence-corrected chi connectivity index (χ2v) is 9.15. The first kappa shape index (κ1) is 24.0. The van der Waals surface area contributed by atoms with Crippen molar-refractivity contribution in [2.24, 2.45) is 23.7 Å². The maximum absolute atomic E-state index is 14.2. The normalized spacial score (nSPS) is 26.8. The molecule has 0 aliphatic heterocycles. The molecule has 0 unspecified atom stereocenters. The third kappa shape index (κ3) is 6.92. The van der Waals surface area contributed by atoms with E-state index in [1.54, 1.807) is 6.92 Å². The minimum absolute atomic E-state index is 0.0269. The van der Waals surface area contributed by atoms with Gasteiger partial charge in [-0.1, -0.05) is 12.2 Å². The summed E-state index contributed by atoms with van der Waals surface area (Å²) in [5, 5.41) is 0. The van der Waals surface area contributed by atoms with Crippen LogP contribution >= 0.6 is 0 Å². The van der Waals surface area contributed by atoms with Crippen molar-refractivity contribution in [1.82, 2.24) is 0 Å². The van der Waals surface area contributed by atoms with E-state index in [1.165, 1.54) is 50.7 Å². The predicted octanol–water partition coefficient (Wildman–Crippen LogP) is 7.66. The maximum atomic E-state index is 14.2. The Morgan fingerprint density at radius 1 is 0.871 bits per heavy atom. The Labute approximate surface area is 185 Å². The van der Waals surface area contributed by atoms with Gasteiger partial charge >= 0.3 is 0 Å². The fourth-order valence-corrected chi connectivity index (χ4v) is 5.22. The third-order valence-electron chi connectivity index (χ3n) is 7.07. The zero-order chi connectivity index (χ0) is 22.1. The van der Waals surface area contributed by atoms with Gasteiger partial charge in [-0.2, -0.15) is 8.78 Å². The zero-order valence-electron chi connectivity index (χ0n) is 18.8. The highest BCUT2D eigenvalue weighted by atomic mass is 19.2. The average Bonchev–Trinajstić information content (AvgIpc) is 2.80. The Morgan fingerprint density at radius 3 is 2.03 bits per heavy atom. The van der Waals surface area contributed by atoms with E-state index >= 15 is 0 Å². The van der Waals surface area contributed by atoms with Crippen LogP contribution < -0.4 is 9.47 Å². The number of rotatable bonds is 10. The predicted molar refractivity (Wildman–Crippen MR) is 118 cm³/mol. The molecule has 2 aliphatic rings. The van der Waals surface area contributed by atoms with E-state index < -0.39 is 11.6 Å². The SMILES string of the molecule is CCOc1ccc(OCC2CCC(C3CCC(/C=C/CCCF)CC3)CC2)c(F)c1F. The Balaban J connectivity index is 1.38. The van der Waals surface area contributed by atoms with E-state index in [9.17, 15) is 13.2 Å². The van der Waals surface area contributed by atoms with E-state index in [0.29, 0.717) is 31.5 Å². The minimum atomic E-state index is -0.976. The quantitative estimate of drug-likeness (QED) is 0.276. The highest BCUT2D eigenvalue weighted by Crippen LogP contribution is 2.42. The number of alkyl halides is 1. The van der Waals surface area contributed by atoms with E-state index in [4.69, 9.17) is 9.47 Å². The van der Waals surface area contributed by atoms with Crippen LogP contribution in [0.25, 0.3) is 0 Å². The highest BCUT2D eigenvalue weighted by molar-refractivity contribution is 5.35. The molecule has 0 bridgehead atoms. The van der Waals surface area contributed by atoms with Gasteiger partial charge < -0.3 is 9.47 Å². The summed E-state index contributed by atoms with van der Waals surface area (Å²) in [5.74, 6) is 0.636. The summed E-state index contributed by atoms with van der Waals surface area (Å²) in [6.07, 6.45) is 15.6. The summed E-state index contributed by atoms with van der Waals surface area (Å²) in [4.78, 5) is 0. The van der Waals surface area contributed by atoms with Crippen molar-refractivity contribution >= 4 is 0 Å². The summed E-state index contributed by atoms with van der Waals surface area (Å²) in [6.45, 7) is 2.24. The third-order valence-corrected chi connectivity index (χ3v) is 7.07. The summed E-state index contributed by atoms with van der Waals surface area (Å²) in [5.41, 5.74) is 0. The van der Waals surface area contributed by atoms with Gasteiger partial charge in [0.25, 0.3) is 0 Å². The topological polar surface area (TPSA) is 18.5 Å². The molecule has 174 valence electrons. The van der Waals surface area contributed by atoms with Crippen LogP contribution in [0.3, 0.4) is 0 Å². The molecule has 3 rings (SSSR count). The van der Waals surface area contributed by atoms with Crippen molar-refractivity contribution in [2.45, 2.75) is 71.1 Å². The number of benzene rings is 1. The molecule has 0 amide bonds. The van der Waals surface area contributed by atoms with Crippen molar-refractivity contribution in [2.75, 3.05) is 19.9 Å². The second-order valence-electron chi connectivity index (χ2n) is 9.15. The summed E-state index contributed by atoms with van der Waals surface area (Å²) in [7, 11) is 0. The van der Waals surface area contributed by atoms with Gasteiger partial charge in [0.15, 0.2) is 11.5 Å². The number of halogens is 3.